The number of carbonyl (C=O) groups is 1. The van der Waals surface area contributed by atoms with Crippen molar-refractivity contribution in [2.24, 2.45) is 0 Å². The molecule has 0 spiro atoms. The van der Waals surface area contributed by atoms with Crippen molar-refractivity contribution in [3.63, 3.8) is 0 Å². The number of aryl methyl sites for hydroxylation is 2. The number of aliphatic hydroxyl groups is 1. The third-order valence-electron chi connectivity index (χ3n) is 3.70. The summed E-state index contributed by atoms with van der Waals surface area (Å²) < 4.78 is 13.0. The molecule has 0 fully saturated rings. The molecule has 0 aliphatic carbocycles. The summed E-state index contributed by atoms with van der Waals surface area (Å²) in [6, 6.07) is 9.06. The SMILES string of the molecule is Cc1cc(C)c2c(c1)C(O)(c1ccc(F)cc1)C(=O)N2. The second kappa shape index (κ2) is 4.15. The van der Waals surface area contributed by atoms with E-state index in [1.807, 2.05) is 19.9 Å². The molecule has 3 nitrogen and oxygen atoms in total. The van der Waals surface area contributed by atoms with Gasteiger partial charge in [-0.2, -0.15) is 0 Å². The first-order chi connectivity index (χ1) is 9.42. The highest BCUT2D eigenvalue weighted by Crippen LogP contribution is 2.42. The fraction of sp³-hybridized carbons (Fsp3) is 0.188. The Bertz CT molecular complexity index is 709. The Labute approximate surface area is 116 Å². The normalized spacial score (nSPS) is 20.7. The molecule has 2 aromatic carbocycles. The Morgan fingerprint density at radius 3 is 2.45 bits per heavy atom. The zero-order valence-corrected chi connectivity index (χ0v) is 11.2. The van der Waals surface area contributed by atoms with Crippen LogP contribution in [0, 0.1) is 19.7 Å². The molecule has 0 bridgehead atoms. The number of amides is 1. The van der Waals surface area contributed by atoms with Crippen LogP contribution in [0.5, 0.6) is 0 Å². The Morgan fingerprint density at radius 2 is 1.80 bits per heavy atom. The van der Waals surface area contributed by atoms with Crippen molar-refractivity contribution in [3.05, 3.63) is 64.5 Å². The molecule has 0 aromatic heterocycles. The molecule has 1 aliphatic heterocycles. The van der Waals surface area contributed by atoms with Crippen LogP contribution in [-0.4, -0.2) is 11.0 Å². The lowest BCUT2D eigenvalue weighted by molar-refractivity contribution is -0.129. The summed E-state index contributed by atoms with van der Waals surface area (Å²) in [4.78, 5) is 12.2. The number of halogens is 1. The molecule has 1 atom stereocenters. The van der Waals surface area contributed by atoms with Crippen LogP contribution in [0.25, 0.3) is 0 Å². The average Bonchev–Trinajstić information content (AvgIpc) is 2.65. The molecule has 1 aliphatic rings. The zero-order valence-electron chi connectivity index (χ0n) is 11.2. The topological polar surface area (TPSA) is 49.3 Å². The van der Waals surface area contributed by atoms with Gasteiger partial charge in [0.05, 0.1) is 5.69 Å². The van der Waals surface area contributed by atoms with E-state index in [1.54, 1.807) is 6.07 Å². The van der Waals surface area contributed by atoms with Gasteiger partial charge < -0.3 is 10.4 Å². The Balaban J connectivity index is 2.25. The molecule has 1 heterocycles. The van der Waals surface area contributed by atoms with Crippen LogP contribution in [-0.2, 0) is 10.4 Å². The van der Waals surface area contributed by atoms with Crippen LogP contribution in [0.2, 0.25) is 0 Å². The second-order valence-electron chi connectivity index (χ2n) is 5.18. The van der Waals surface area contributed by atoms with E-state index in [9.17, 15) is 14.3 Å². The first kappa shape index (κ1) is 12.8. The molecular formula is C16H14FNO2. The summed E-state index contributed by atoms with van der Waals surface area (Å²) in [6.07, 6.45) is 0. The third-order valence-corrected chi connectivity index (χ3v) is 3.70. The molecule has 0 radical (unpaired) electrons. The van der Waals surface area contributed by atoms with E-state index in [4.69, 9.17) is 0 Å². The maximum Gasteiger partial charge on any atom is 0.265 e. The maximum absolute atomic E-state index is 13.0. The van der Waals surface area contributed by atoms with Gasteiger partial charge in [0.25, 0.3) is 5.91 Å². The number of anilines is 1. The summed E-state index contributed by atoms with van der Waals surface area (Å²) in [6.45, 7) is 3.78. The number of carbonyl (C=O) groups excluding carboxylic acids is 1. The smallest absolute Gasteiger partial charge is 0.265 e. The van der Waals surface area contributed by atoms with Gasteiger partial charge >= 0.3 is 0 Å². The summed E-state index contributed by atoms with van der Waals surface area (Å²) in [5, 5.41) is 13.6. The highest BCUT2D eigenvalue weighted by Gasteiger charge is 2.47. The van der Waals surface area contributed by atoms with Crippen molar-refractivity contribution in [1.29, 1.82) is 0 Å². The lowest BCUT2D eigenvalue weighted by Gasteiger charge is -2.21. The minimum absolute atomic E-state index is 0.361. The van der Waals surface area contributed by atoms with Gasteiger partial charge in [-0.15, -0.1) is 0 Å². The number of hydrogen-bond acceptors (Lipinski definition) is 2. The van der Waals surface area contributed by atoms with Gasteiger partial charge in [-0.25, -0.2) is 4.39 Å². The van der Waals surface area contributed by atoms with E-state index >= 15 is 0 Å². The minimum Gasteiger partial charge on any atom is -0.372 e. The molecule has 1 unspecified atom stereocenters. The molecule has 0 saturated carbocycles. The highest BCUT2D eigenvalue weighted by atomic mass is 19.1. The molecule has 102 valence electrons. The van der Waals surface area contributed by atoms with E-state index in [0.717, 1.165) is 11.1 Å². The van der Waals surface area contributed by atoms with E-state index in [2.05, 4.69) is 5.32 Å². The van der Waals surface area contributed by atoms with Crippen molar-refractivity contribution >= 4 is 11.6 Å². The Hall–Kier alpha value is -2.20. The van der Waals surface area contributed by atoms with Crippen molar-refractivity contribution in [3.8, 4) is 0 Å². The monoisotopic (exact) mass is 271 g/mol. The fourth-order valence-electron chi connectivity index (χ4n) is 2.72. The maximum atomic E-state index is 13.0. The standard InChI is InChI=1S/C16H14FNO2/c1-9-7-10(2)14-13(8-9)16(20,15(19)18-14)11-3-5-12(17)6-4-11/h3-8,20H,1-2H3,(H,18,19). The van der Waals surface area contributed by atoms with Gasteiger partial charge in [-0.3, -0.25) is 4.79 Å². The van der Waals surface area contributed by atoms with E-state index in [-0.39, 0.29) is 0 Å². The van der Waals surface area contributed by atoms with Gasteiger partial charge in [0, 0.05) is 5.56 Å². The van der Waals surface area contributed by atoms with Gasteiger partial charge in [0.15, 0.2) is 5.60 Å². The van der Waals surface area contributed by atoms with E-state index < -0.39 is 17.3 Å². The summed E-state index contributed by atoms with van der Waals surface area (Å²) in [5.74, 6) is -0.913. The largest absolute Gasteiger partial charge is 0.372 e. The van der Waals surface area contributed by atoms with Crippen LogP contribution in [0.4, 0.5) is 10.1 Å². The van der Waals surface area contributed by atoms with Gasteiger partial charge in [-0.05, 0) is 37.1 Å². The van der Waals surface area contributed by atoms with Crippen LogP contribution < -0.4 is 5.32 Å². The lowest BCUT2D eigenvalue weighted by Crippen LogP contribution is -2.35. The van der Waals surface area contributed by atoms with Crippen molar-refractivity contribution in [2.45, 2.75) is 19.4 Å². The van der Waals surface area contributed by atoms with Crippen LogP contribution >= 0.6 is 0 Å². The Morgan fingerprint density at radius 1 is 1.15 bits per heavy atom. The number of hydrogen-bond donors (Lipinski definition) is 2. The van der Waals surface area contributed by atoms with E-state index in [0.29, 0.717) is 16.8 Å². The molecule has 2 N–H and O–H groups in total. The minimum atomic E-state index is -1.76. The zero-order chi connectivity index (χ0) is 14.5. The molecule has 0 saturated heterocycles. The highest BCUT2D eigenvalue weighted by molar-refractivity contribution is 6.08. The van der Waals surface area contributed by atoms with Crippen LogP contribution in [0.1, 0.15) is 22.3 Å². The Kier molecular flexibility index (Phi) is 2.66. The predicted molar refractivity (Wildman–Crippen MR) is 73.9 cm³/mol. The van der Waals surface area contributed by atoms with Crippen molar-refractivity contribution in [2.75, 3.05) is 5.32 Å². The van der Waals surface area contributed by atoms with Gasteiger partial charge in [-0.1, -0.05) is 29.8 Å². The molecule has 20 heavy (non-hydrogen) atoms. The number of fused-ring (bicyclic) bond motifs is 1. The predicted octanol–water partition coefficient (Wildman–Crippen LogP) is 2.63. The molecule has 4 heteroatoms. The molecule has 2 aromatic rings. The molecule has 1 amide bonds. The van der Waals surface area contributed by atoms with E-state index in [1.165, 1.54) is 24.3 Å². The summed E-state index contributed by atoms with van der Waals surface area (Å²) in [7, 11) is 0. The first-order valence-electron chi connectivity index (χ1n) is 6.34. The fourth-order valence-corrected chi connectivity index (χ4v) is 2.72. The van der Waals surface area contributed by atoms with Gasteiger partial charge in [0.2, 0.25) is 0 Å². The van der Waals surface area contributed by atoms with Crippen molar-refractivity contribution < 1.29 is 14.3 Å². The third kappa shape index (κ3) is 1.65. The number of rotatable bonds is 1. The number of nitrogens with one attached hydrogen (secondary N) is 1. The average molecular weight is 271 g/mol. The quantitative estimate of drug-likeness (QED) is 0.837. The van der Waals surface area contributed by atoms with Crippen molar-refractivity contribution in [1.82, 2.24) is 0 Å². The lowest BCUT2D eigenvalue weighted by atomic mass is 9.86. The summed E-state index contributed by atoms with van der Waals surface area (Å²) >= 11 is 0. The first-order valence-corrected chi connectivity index (χ1v) is 6.34. The number of benzene rings is 2. The molecule has 3 rings (SSSR count). The molecular weight excluding hydrogens is 257 g/mol. The second-order valence-corrected chi connectivity index (χ2v) is 5.18. The van der Waals surface area contributed by atoms with Crippen LogP contribution in [0.15, 0.2) is 36.4 Å². The summed E-state index contributed by atoms with van der Waals surface area (Å²) in [5.41, 5.74) is 1.60. The van der Waals surface area contributed by atoms with Crippen LogP contribution in [0.3, 0.4) is 0 Å². The van der Waals surface area contributed by atoms with Gasteiger partial charge in [0.1, 0.15) is 5.82 Å².